The van der Waals surface area contributed by atoms with Crippen LogP contribution in [-0.2, 0) is 19.1 Å². The molecule has 1 saturated carbocycles. The van der Waals surface area contributed by atoms with Gasteiger partial charge in [-0.2, -0.15) is 0 Å². The number of ether oxygens (including phenoxy) is 2. The maximum absolute atomic E-state index is 13.0. The summed E-state index contributed by atoms with van der Waals surface area (Å²) in [6.45, 7) is 1.90. The number of methoxy groups -OCH3 is 1. The third-order valence-electron chi connectivity index (χ3n) is 6.19. The highest BCUT2D eigenvalue weighted by Crippen LogP contribution is 2.36. The van der Waals surface area contributed by atoms with Crippen molar-refractivity contribution < 1.29 is 24.2 Å². The number of carbonyl (C=O) groups is 2. The molecule has 6 heteroatoms. The topological polar surface area (TPSA) is 76.1 Å². The second kappa shape index (κ2) is 7.40. The van der Waals surface area contributed by atoms with Crippen LogP contribution in [0.5, 0.6) is 0 Å². The average molecular weight is 339 g/mol. The van der Waals surface area contributed by atoms with Gasteiger partial charge in [0.1, 0.15) is 5.60 Å². The van der Waals surface area contributed by atoms with Crippen LogP contribution in [-0.4, -0.2) is 60.4 Å². The minimum atomic E-state index is -0.753. The number of likely N-dealkylation sites (tertiary alicyclic amines) is 1. The number of amides is 1. The zero-order valence-corrected chi connectivity index (χ0v) is 14.5. The van der Waals surface area contributed by atoms with Gasteiger partial charge in [0.15, 0.2) is 0 Å². The van der Waals surface area contributed by atoms with Crippen molar-refractivity contribution in [1.82, 2.24) is 4.90 Å². The Morgan fingerprint density at radius 2 is 1.79 bits per heavy atom. The van der Waals surface area contributed by atoms with E-state index in [1.165, 1.54) is 6.42 Å². The van der Waals surface area contributed by atoms with Gasteiger partial charge in [-0.15, -0.1) is 0 Å². The normalized spacial score (nSPS) is 31.1. The second-order valence-corrected chi connectivity index (χ2v) is 7.46. The van der Waals surface area contributed by atoms with Gasteiger partial charge < -0.3 is 19.5 Å². The van der Waals surface area contributed by atoms with Crippen LogP contribution in [0.3, 0.4) is 0 Å². The number of carboxylic acid groups (broad SMARTS) is 1. The highest BCUT2D eigenvalue weighted by molar-refractivity contribution is 5.85. The van der Waals surface area contributed by atoms with Crippen molar-refractivity contribution in [2.45, 2.75) is 63.1 Å². The van der Waals surface area contributed by atoms with Crippen molar-refractivity contribution in [3.63, 3.8) is 0 Å². The molecule has 1 unspecified atom stereocenters. The number of hydrogen-bond acceptors (Lipinski definition) is 4. The lowest BCUT2D eigenvalue weighted by Crippen LogP contribution is -2.54. The monoisotopic (exact) mass is 339 g/mol. The average Bonchev–Trinajstić information content (AvgIpc) is 3.12. The molecular weight excluding hydrogens is 310 g/mol. The van der Waals surface area contributed by atoms with Gasteiger partial charge in [-0.1, -0.05) is 19.3 Å². The zero-order valence-electron chi connectivity index (χ0n) is 14.5. The van der Waals surface area contributed by atoms with Crippen molar-refractivity contribution in [3.05, 3.63) is 0 Å². The van der Waals surface area contributed by atoms with Crippen LogP contribution in [0.1, 0.15) is 51.4 Å². The quantitative estimate of drug-likeness (QED) is 0.848. The van der Waals surface area contributed by atoms with Gasteiger partial charge in [0, 0.05) is 26.8 Å². The molecule has 24 heavy (non-hydrogen) atoms. The fourth-order valence-electron chi connectivity index (χ4n) is 4.69. The highest BCUT2D eigenvalue weighted by atomic mass is 16.5. The summed E-state index contributed by atoms with van der Waals surface area (Å²) < 4.78 is 11.4. The molecule has 3 rings (SSSR count). The van der Waals surface area contributed by atoms with E-state index in [9.17, 15) is 14.7 Å². The van der Waals surface area contributed by atoms with E-state index in [0.717, 1.165) is 38.5 Å². The fraction of sp³-hybridized carbons (Fsp3) is 0.889. The van der Waals surface area contributed by atoms with Crippen LogP contribution in [0, 0.1) is 11.8 Å². The molecule has 2 atom stereocenters. The Kier molecular flexibility index (Phi) is 5.45. The first-order chi connectivity index (χ1) is 11.6. The standard InChI is InChI=1S/C18H29NO5/c1-23-18(8-3-2-4-9-18)17(22)19-10-5-13(6-11-19)15-14(16(20)21)7-12-24-15/h13-15H,2-12H2,1H3,(H,20,21)/t14?,15-/m0/s1. The molecule has 2 saturated heterocycles. The second-order valence-electron chi connectivity index (χ2n) is 7.46. The van der Waals surface area contributed by atoms with Crippen molar-refractivity contribution in [2.75, 3.05) is 26.8 Å². The summed E-state index contributed by atoms with van der Waals surface area (Å²) >= 11 is 0. The first kappa shape index (κ1) is 17.7. The third kappa shape index (κ3) is 3.31. The van der Waals surface area contributed by atoms with E-state index in [1.807, 2.05) is 4.90 Å². The number of carboxylic acids is 1. The lowest BCUT2D eigenvalue weighted by atomic mass is 9.81. The molecule has 6 nitrogen and oxygen atoms in total. The summed E-state index contributed by atoms with van der Waals surface area (Å²) in [6, 6.07) is 0. The molecule has 2 heterocycles. The van der Waals surface area contributed by atoms with E-state index < -0.39 is 11.6 Å². The van der Waals surface area contributed by atoms with E-state index >= 15 is 0 Å². The van der Waals surface area contributed by atoms with E-state index in [2.05, 4.69) is 0 Å². The van der Waals surface area contributed by atoms with E-state index in [0.29, 0.717) is 26.1 Å². The summed E-state index contributed by atoms with van der Waals surface area (Å²) in [7, 11) is 1.65. The van der Waals surface area contributed by atoms with Crippen LogP contribution in [0.15, 0.2) is 0 Å². The highest BCUT2D eigenvalue weighted by Gasteiger charge is 2.45. The summed E-state index contributed by atoms with van der Waals surface area (Å²) in [5.41, 5.74) is -0.626. The number of piperidine rings is 1. The molecule has 3 fully saturated rings. The van der Waals surface area contributed by atoms with Gasteiger partial charge in [0.2, 0.25) is 0 Å². The molecule has 136 valence electrons. The van der Waals surface area contributed by atoms with Gasteiger partial charge >= 0.3 is 5.97 Å². The van der Waals surface area contributed by atoms with Crippen molar-refractivity contribution in [3.8, 4) is 0 Å². The van der Waals surface area contributed by atoms with Crippen LogP contribution >= 0.6 is 0 Å². The van der Waals surface area contributed by atoms with Gasteiger partial charge in [-0.05, 0) is 38.0 Å². The molecule has 0 aromatic heterocycles. The Morgan fingerprint density at radius 1 is 1.12 bits per heavy atom. The van der Waals surface area contributed by atoms with Crippen LogP contribution in [0.2, 0.25) is 0 Å². The fourth-order valence-corrected chi connectivity index (χ4v) is 4.69. The van der Waals surface area contributed by atoms with Gasteiger partial charge in [0.05, 0.1) is 12.0 Å². The molecule has 0 aromatic carbocycles. The number of hydrogen-bond donors (Lipinski definition) is 1. The Hall–Kier alpha value is -1.14. The Morgan fingerprint density at radius 3 is 2.38 bits per heavy atom. The van der Waals surface area contributed by atoms with E-state index in [-0.39, 0.29) is 23.8 Å². The molecule has 1 aliphatic carbocycles. The molecule has 0 spiro atoms. The first-order valence-corrected chi connectivity index (χ1v) is 9.26. The Bertz CT molecular complexity index is 466. The van der Waals surface area contributed by atoms with Crippen LogP contribution in [0.4, 0.5) is 0 Å². The molecule has 0 bridgehead atoms. The molecule has 0 aromatic rings. The summed E-state index contributed by atoms with van der Waals surface area (Å²) in [5.74, 6) is -0.773. The zero-order chi connectivity index (χ0) is 17.2. The van der Waals surface area contributed by atoms with E-state index in [1.54, 1.807) is 7.11 Å². The van der Waals surface area contributed by atoms with Crippen molar-refractivity contribution >= 4 is 11.9 Å². The van der Waals surface area contributed by atoms with Gasteiger partial charge in [0.25, 0.3) is 5.91 Å². The molecule has 1 N–H and O–H groups in total. The summed E-state index contributed by atoms with van der Waals surface area (Å²) in [5, 5.41) is 9.33. The molecule has 0 radical (unpaired) electrons. The number of aliphatic carboxylic acids is 1. The number of rotatable bonds is 4. The van der Waals surface area contributed by atoms with Crippen molar-refractivity contribution in [2.24, 2.45) is 11.8 Å². The van der Waals surface area contributed by atoms with Gasteiger partial charge in [-0.25, -0.2) is 0 Å². The SMILES string of the molecule is COC1(C(=O)N2CCC([C@@H]3OCCC3C(=O)O)CC2)CCCCC1. The maximum Gasteiger partial charge on any atom is 0.309 e. The summed E-state index contributed by atoms with van der Waals surface area (Å²) in [6.07, 6.45) is 6.95. The molecular formula is C18H29NO5. The van der Waals surface area contributed by atoms with Crippen LogP contribution in [0.25, 0.3) is 0 Å². The largest absolute Gasteiger partial charge is 0.481 e. The minimum Gasteiger partial charge on any atom is -0.481 e. The smallest absolute Gasteiger partial charge is 0.309 e. The predicted molar refractivity (Wildman–Crippen MR) is 87.6 cm³/mol. The number of carbonyl (C=O) groups excluding carboxylic acids is 1. The Balaban J connectivity index is 1.58. The molecule has 2 aliphatic heterocycles. The lowest BCUT2D eigenvalue weighted by Gasteiger charge is -2.42. The molecule has 1 amide bonds. The number of nitrogens with zero attached hydrogens (tertiary/aromatic N) is 1. The lowest BCUT2D eigenvalue weighted by molar-refractivity contribution is -0.161. The first-order valence-electron chi connectivity index (χ1n) is 9.26. The maximum atomic E-state index is 13.0. The minimum absolute atomic E-state index is 0.130. The Labute approximate surface area is 143 Å². The predicted octanol–water partition coefficient (Wildman–Crippen LogP) is 2.06. The third-order valence-corrected chi connectivity index (χ3v) is 6.19. The van der Waals surface area contributed by atoms with E-state index in [4.69, 9.17) is 9.47 Å². The molecule has 3 aliphatic rings. The van der Waals surface area contributed by atoms with Crippen molar-refractivity contribution in [1.29, 1.82) is 0 Å². The summed E-state index contributed by atoms with van der Waals surface area (Å²) in [4.78, 5) is 26.3. The van der Waals surface area contributed by atoms with Gasteiger partial charge in [-0.3, -0.25) is 9.59 Å². The van der Waals surface area contributed by atoms with Crippen LogP contribution < -0.4 is 0 Å².